The summed E-state index contributed by atoms with van der Waals surface area (Å²) in [5, 5.41) is 8.34. The van der Waals surface area contributed by atoms with Gasteiger partial charge in [0.2, 0.25) is 0 Å². The van der Waals surface area contributed by atoms with Gasteiger partial charge in [0.05, 0.1) is 12.1 Å². The first-order valence-electron chi connectivity index (χ1n) is 3.97. The van der Waals surface area contributed by atoms with E-state index in [0.29, 0.717) is 0 Å². The van der Waals surface area contributed by atoms with Crippen LogP contribution in [0, 0.1) is 6.92 Å². The number of halogens is 2. The van der Waals surface area contributed by atoms with Crippen molar-refractivity contribution in [2.45, 2.75) is 26.2 Å². The molecule has 0 spiro atoms. The van der Waals surface area contributed by atoms with Crippen LogP contribution in [0.1, 0.15) is 30.2 Å². The van der Waals surface area contributed by atoms with E-state index in [4.69, 9.17) is 9.52 Å². The lowest BCUT2D eigenvalue weighted by Gasteiger charge is -1.92. The largest absolute Gasteiger partial charge is 0.481 e. The Kier molecular flexibility index (Phi) is 3.16. The Labute approximate surface area is 78.6 Å². The molecule has 0 amide bonds. The van der Waals surface area contributed by atoms with E-state index in [1.54, 1.807) is 0 Å². The van der Waals surface area contributed by atoms with Crippen molar-refractivity contribution in [2.24, 2.45) is 0 Å². The van der Waals surface area contributed by atoms with Crippen LogP contribution in [-0.2, 0) is 11.2 Å². The van der Waals surface area contributed by atoms with E-state index >= 15 is 0 Å². The summed E-state index contributed by atoms with van der Waals surface area (Å²) in [7, 11) is 0. The molecular formula is C8H9F2NO3. The summed E-state index contributed by atoms with van der Waals surface area (Å²) in [6.07, 6.45) is -2.85. The molecule has 0 aliphatic carbocycles. The number of carbonyl (C=O) groups is 1. The second-order valence-electron chi connectivity index (χ2n) is 2.75. The fraction of sp³-hybridized carbons (Fsp3) is 0.500. The number of rotatable bonds is 4. The monoisotopic (exact) mass is 205 g/mol. The Bertz CT molecular complexity index is 335. The molecule has 1 rings (SSSR count). The molecule has 0 bridgehead atoms. The van der Waals surface area contributed by atoms with Crippen molar-refractivity contribution in [3.8, 4) is 0 Å². The highest BCUT2D eigenvalue weighted by Gasteiger charge is 2.18. The Balaban J connectivity index is 2.71. The van der Waals surface area contributed by atoms with Crippen LogP contribution in [-0.4, -0.2) is 16.1 Å². The van der Waals surface area contributed by atoms with Crippen molar-refractivity contribution in [2.75, 3.05) is 0 Å². The van der Waals surface area contributed by atoms with Gasteiger partial charge in [-0.2, -0.15) is 0 Å². The summed E-state index contributed by atoms with van der Waals surface area (Å²) in [5.74, 6) is -1.45. The van der Waals surface area contributed by atoms with Crippen molar-refractivity contribution in [3.05, 3.63) is 17.3 Å². The summed E-state index contributed by atoms with van der Waals surface area (Å²) in [6, 6.07) is 0. The van der Waals surface area contributed by atoms with Crippen LogP contribution in [0.5, 0.6) is 0 Å². The van der Waals surface area contributed by atoms with Gasteiger partial charge in [0.25, 0.3) is 6.43 Å². The highest BCUT2D eigenvalue weighted by atomic mass is 19.3. The molecule has 0 saturated heterocycles. The molecule has 0 aromatic carbocycles. The van der Waals surface area contributed by atoms with Gasteiger partial charge in [-0.15, -0.1) is 0 Å². The van der Waals surface area contributed by atoms with Gasteiger partial charge in [0.15, 0.2) is 11.7 Å². The minimum atomic E-state index is -2.71. The summed E-state index contributed by atoms with van der Waals surface area (Å²) in [4.78, 5) is 13.9. The Morgan fingerprint density at radius 3 is 2.71 bits per heavy atom. The van der Waals surface area contributed by atoms with Crippen LogP contribution < -0.4 is 0 Å². The fourth-order valence-electron chi connectivity index (χ4n) is 0.989. The zero-order valence-electron chi connectivity index (χ0n) is 7.46. The standard InChI is InChI=1S/C8H9F2NO3/c1-4-7(8(9)10)14-5(11-4)2-3-6(12)13/h8H,2-3H2,1H3,(H,12,13). The summed E-state index contributed by atoms with van der Waals surface area (Å²) in [5.41, 5.74) is 0.111. The number of carboxylic acids is 1. The molecule has 4 nitrogen and oxygen atoms in total. The average Bonchev–Trinajstić information content (AvgIpc) is 2.43. The number of aromatic nitrogens is 1. The fourth-order valence-corrected chi connectivity index (χ4v) is 0.989. The number of nitrogens with zero attached hydrogens (tertiary/aromatic N) is 1. The lowest BCUT2D eigenvalue weighted by atomic mass is 10.3. The second-order valence-corrected chi connectivity index (χ2v) is 2.75. The maximum Gasteiger partial charge on any atom is 0.303 e. The zero-order valence-corrected chi connectivity index (χ0v) is 7.46. The van der Waals surface area contributed by atoms with Gasteiger partial charge in [0, 0.05) is 6.42 Å². The lowest BCUT2D eigenvalue weighted by Crippen LogP contribution is -1.97. The molecule has 0 saturated carbocycles. The van der Waals surface area contributed by atoms with Crippen molar-refractivity contribution < 1.29 is 23.1 Å². The number of aliphatic carboxylic acids is 1. The Morgan fingerprint density at radius 1 is 1.64 bits per heavy atom. The topological polar surface area (TPSA) is 63.3 Å². The van der Waals surface area contributed by atoms with Crippen LogP contribution in [0.2, 0.25) is 0 Å². The van der Waals surface area contributed by atoms with Crippen LogP contribution >= 0.6 is 0 Å². The maximum absolute atomic E-state index is 12.2. The number of hydrogen-bond donors (Lipinski definition) is 1. The third kappa shape index (κ3) is 2.51. The molecule has 1 aromatic heterocycles. The summed E-state index contributed by atoms with van der Waals surface area (Å²) < 4.78 is 29.1. The summed E-state index contributed by atoms with van der Waals surface area (Å²) in [6.45, 7) is 1.40. The quantitative estimate of drug-likeness (QED) is 0.815. The molecule has 0 aliphatic heterocycles. The van der Waals surface area contributed by atoms with Gasteiger partial charge in [-0.3, -0.25) is 4.79 Å². The van der Waals surface area contributed by atoms with E-state index in [2.05, 4.69) is 4.98 Å². The van der Waals surface area contributed by atoms with Crippen molar-refractivity contribution in [1.29, 1.82) is 0 Å². The van der Waals surface area contributed by atoms with Gasteiger partial charge >= 0.3 is 5.97 Å². The van der Waals surface area contributed by atoms with E-state index in [-0.39, 0.29) is 24.4 Å². The van der Waals surface area contributed by atoms with Gasteiger partial charge in [-0.05, 0) is 6.92 Å². The molecule has 14 heavy (non-hydrogen) atoms. The van der Waals surface area contributed by atoms with Crippen LogP contribution in [0.25, 0.3) is 0 Å². The number of aryl methyl sites for hydroxylation is 2. The van der Waals surface area contributed by atoms with E-state index in [1.165, 1.54) is 6.92 Å². The van der Waals surface area contributed by atoms with Gasteiger partial charge in [0.1, 0.15) is 0 Å². The molecule has 1 aromatic rings. The average molecular weight is 205 g/mol. The highest BCUT2D eigenvalue weighted by molar-refractivity contribution is 5.66. The van der Waals surface area contributed by atoms with Crippen molar-refractivity contribution in [3.63, 3.8) is 0 Å². The first-order valence-corrected chi connectivity index (χ1v) is 3.97. The van der Waals surface area contributed by atoms with E-state index in [0.717, 1.165) is 0 Å². The number of hydrogen-bond acceptors (Lipinski definition) is 3. The molecular weight excluding hydrogens is 196 g/mol. The molecule has 1 heterocycles. The zero-order chi connectivity index (χ0) is 10.7. The van der Waals surface area contributed by atoms with Crippen LogP contribution in [0.4, 0.5) is 8.78 Å². The molecule has 0 aliphatic rings. The first kappa shape index (κ1) is 10.6. The maximum atomic E-state index is 12.2. The van der Waals surface area contributed by atoms with Crippen LogP contribution in [0.15, 0.2) is 4.42 Å². The van der Waals surface area contributed by atoms with Gasteiger partial charge in [-0.1, -0.05) is 0 Å². The Hall–Kier alpha value is -1.46. The molecule has 1 N–H and O–H groups in total. The minimum Gasteiger partial charge on any atom is -0.481 e. The molecule has 0 atom stereocenters. The minimum absolute atomic E-state index is 0.0306. The SMILES string of the molecule is Cc1nc(CCC(=O)O)oc1C(F)F. The smallest absolute Gasteiger partial charge is 0.303 e. The predicted molar refractivity (Wildman–Crippen MR) is 42.2 cm³/mol. The number of carboxylic acid groups (broad SMARTS) is 1. The second kappa shape index (κ2) is 4.17. The molecule has 0 fully saturated rings. The van der Waals surface area contributed by atoms with E-state index < -0.39 is 18.2 Å². The molecule has 0 unspecified atom stereocenters. The van der Waals surface area contributed by atoms with Gasteiger partial charge in [-0.25, -0.2) is 13.8 Å². The molecule has 78 valence electrons. The lowest BCUT2D eigenvalue weighted by molar-refractivity contribution is -0.137. The third-order valence-electron chi connectivity index (χ3n) is 1.63. The Morgan fingerprint density at radius 2 is 2.29 bits per heavy atom. The number of oxazole rings is 1. The molecule has 6 heteroatoms. The predicted octanol–water partition coefficient (Wildman–Crippen LogP) is 1.94. The normalized spacial score (nSPS) is 10.9. The van der Waals surface area contributed by atoms with Crippen LogP contribution in [0.3, 0.4) is 0 Å². The molecule has 0 radical (unpaired) electrons. The summed E-state index contributed by atoms with van der Waals surface area (Å²) >= 11 is 0. The number of alkyl halides is 2. The highest BCUT2D eigenvalue weighted by Crippen LogP contribution is 2.23. The van der Waals surface area contributed by atoms with Gasteiger partial charge < -0.3 is 9.52 Å². The van der Waals surface area contributed by atoms with E-state index in [1.807, 2.05) is 0 Å². The van der Waals surface area contributed by atoms with Crippen molar-refractivity contribution in [1.82, 2.24) is 4.98 Å². The third-order valence-corrected chi connectivity index (χ3v) is 1.63. The first-order chi connectivity index (χ1) is 6.50. The van der Waals surface area contributed by atoms with Crippen molar-refractivity contribution >= 4 is 5.97 Å². The van der Waals surface area contributed by atoms with E-state index in [9.17, 15) is 13.6 Å².